The zero-order valence-corrected chi connectivity index (χ0v) is 13.4. The average Bonchev–Trinajstić information content (AvgIpc) is 3.38. The average molecular weight is 316 g/mol. The Bertz CT molecular complexity index is 712. The molecule has 2 heterocycles. The lowest BCUT2D eigenvalue weighted by atomic mass is 9.86. The number of nitrogens with zero attached hydrogens (tertiary/aromatic N) is 2. The van der Waals surface area contributed by atoms with Crippen molar-refractivity contribution >= 4 is 16.6 Å². The van der Waals surface area contributed by atoms with Crippen molar-refractivity contribution in [2.45, 2.75) is 32.6 Å². The minimum absolute atomic E-state index is 0.0353. The molecule has 2 aliphatic rings. The Hall–Kier alpha value is -1.71. The topological polar surface area (TPSA) is 16.1 Å². The van der Waals surface area contributed by atoms with Gasteiger partial charge in [0, 0.05) is 35.9 Å². The molecule has 1 saturated carbocycles. The number of piperidine rings is 1. The van der Waals surface area contributed by atoms with Crippen LogP contribution in [0, 0.1) is 17.8 Å². The largest absolute Gasteiger partial charge is 0.370 e. The molecule has 2 nitrogen and oxygen atoms in total. The number of rotatable bonds is 3. The summed E-state index contributed by atoms with van der Waals surface area (Å²) >= 11 is 0. The molecule has 1 aromatic carbocycles. The molecule has 0 amide bonds. The molecule has 1 aliphatic heterocycles. The third-order valence-corrected chi connectivity index (χ3v) is 5.33. The maximum absolute atomic E-state index is 13.3. The van der Waals surface area contributed by atoms with Crippen molar-refractivity contribution in [1.29, 1.82) is 0 Å². The predicted octanol–water partition coefficient (Wildman–Crippen LogP) is 5.04. The summed E-state index contributed by atoms with van der Waals surface area (Å²) in [4.78, 5) is 6.64. The monoisotopic (exact) mass is 316 g/mol. The molecule has 0 N–H and O–H groups in total. The highest BCUT2D eigenvalue weighted by Gasteiger charge is 2.36. The molecule has 4 heteroatoms. The van der Waals surface area contributed by atoms with E-state index in [4.69, 9.17) is 0 Å². The standard InChI is InChI=1S/C19H22F2N2/c1-12-9-14(13-4-5-13)11-23(10-12)17-7-6-16(19(20)21)18-15(17)3-2-8-22-18/h2-3,6-8,12-14,19H,4-5,9-11H2,1H3. The zero-order chi connectivity index (χ0) is 16.0. The Balaban J connectivity index is 1.74. The number of benzene rings is 1. The molecule has 2 fully saturated rings. The molecule has 1 aliphatic carbocycles. The molecule has 0 radical (unpaired) electrons. The first-order valence-electron chi connectivity index (χ1n) is 8.54. The Morgan fingerprint density at radius 2 is 1.96 bits per heavy atom. The van der Waals surface area contributed by atoms with Crippen LogP contribution in [0.5, 0.6) is 0 Å². The fraction of sp³-hybridized carbons (Fsp3) is 0.526. The molecule has 1 aromatic heterocycles. The molecule has 0 spiro atoms. The van der Waals surface area contributed by atoms with E-state index in [1.54, 1.807) is 12.3 Å². The zero-order valence-electron chi connectivity index (χ0n) is 13.4. The summed E-state index contributed by atoms with van der Waals surface area (Å²) in [7, 11) is 0. The first-order valence-corrected chi connectivity index (χ1v) is 8.54. The van der Waals surface area contributed by atoms with Crippen LogP contribution < -0.4 is 4.90 Å². The highest BCUT2D eigenvalue weighted by Crippen LogP contribution is 2.44. The van der Waals surface area contributed by atoms with E-state index in [0.29, 0.717) is 11.4 Å². The highest BCUT2D eigenvalue weighted by molar-refractivity contribution is 5.94. The van der Waals surface area contributed by atoms with E-state index in [2.05, 4.69) is 16.8 Å². The number of fused-ring (bicyclic) bond motifs is 1. The molecule has 1 saturated heterocycles. The lowest BCUT2D eigenvalue weighted by molar-refractivity contribution is 0.153. The molecule has 23 heavy (non-hydrogen) atoms. The van der Waals surface area contributed by atoms with Gasteiger partial charge in [-0.2, -0.15) is 0 Å². The lowest BCUT2D eigenvalue weighted by Gasteiger charge is -2.39. The smallest absolute Gasteiger partial charge is 0.265 e. The van der Waals surface area contributed by atoms with Crippen molar-refractivity contribution in [3.63, 3.8) is 0 Å². The molecule has 4 rings (SSSR count). The van der Waals surface area contributed by atoms with Gasteiger partial charge in [0.1, 0.15) is 0 Å². The summed E-state index contributed by atoms with van der Waals surface area (Å²) in [5, 5.41) is 0.856. The van der Waals surface area contributed by atoms with E-state index in [9.17, 15) is 8.78 Å². The first kappa shape index (κ1) is 14.9. The van der Waals surface area contributed by atoms with E-state index in [1.807, 2.05) is 18.2 Å². The van der Waals surface area contributed by atoms with Crippen LogP contribution in [-0.4, -0.2) is 18.1 Å². The van der Waals surface area contributed by atoms with Crippen LogP contribution in [0.3, 0.4) is 0 Å². The van der Waals surface area contributed by atoms with Gasteiger partial charge in [0.05, 0.1) is 5.52 Å². The second-order valence-electron chi connectivity index (χ2n) is 7.22. The van der Waals surface area contributed by atoms with Gasteiger partial charge in [-0.05, 0) is 61.3 Å². The highest BCUT2D eigenvalue weighted by atomic mass is 19.3. The quantitative estimate of drug-likeness (QED) is 0.788. The van der Waals surface area contributed by atoms with Crippen molar-refractivity contribution in [1.82, 2.24) is 4.98 Å². The van der Waals surface area contributed by atoms with Gasteiger partial charge >= 0.3 is 0 Å². The minimum atomic E-state index is -2.49. The Labute approximate surface area is 135 Å². The normalized spacial score (nSPS) is 25.3. The number of anilines is 1. The van der Waals surface area contributed by atoms with Crippen molar-refractivity contribution < 1.29 is 8.78 Å². The summed E-state index contributed by atoms with van der Waals surface area (Å²) in [6, 6.07) is 7.19. The van der Waals surface area contributed by atoms with Crippen LogP contribution in [-0.2, 0) is 0 Å². The van der Waals surface area contributed by atoms with Crippen LogP contribution in [0.25, 0.3) is 10.9 Å². The summed E-state index contributed by atoms with van der Waals surface area (Å²) in [5.41, 5.74) is 1.55. The van der Waals surface area contributed by atoms with E-state index < -0.39 is 6.43 Å². The van der Waals surface area contributed by atoms with E-state index >= 15 is 0 Å². The summed E-state index contributed by atoms with van der Waals surface area (Å²) < 4.78 is 26.5. The third kappa shape index (κ3) is 2.79. The fourth-order valence-corrected chi connectivity index (χ4v) is 4.14. The number of aromatic nitrogens is 1. The van der Waals surface area contributed by atoms with Crippen LogP contribution in [0.2, 0.25) is 0 Å². The van der Waals surface area contributed by atoms with Gasteiger partial charge in [0.25, 0.3) is 6.43 Å². The second-order valence-corrected chi connectivity index (χ2v) is 7.22. The summed E-state index contributed by atoms with van der Waals surface area (Å²) in [6.07, 6.45) is 3.13. The number of halogens is 2. The predicted molar refractivity (Wildman–Crippen MR) is 88.9 cm³/mol. The van der Waals surface area contributed by atoms with Crippen molar-refractivity contribution in [2.24, 2.45) is 17.8 Å². The third-order valence-electron chi connectivity index (χ3n) is 5.33. The van der Waals surface area contributed by atoms with E-state index in [1.165, 1.54) is 19.3 Å². The van der Waals surface area contributed by atoms with Crippen LogP contribution in [0.4, 0.5) is 14.5 Å². The maximum Gasteiger partial charge on any atom is 0.265 e. The fourth-order valence-electron chi connectivity index (χ4n) is 4.14. The Morgan fingerprint density at radius 1 is 1.13 bits per heavy atom. The minimum Gasteiger partial charge on any atom is -0.370 e. The van der Waals surface area contributed by atoms with Gasteiger partial charge in [-0.15, -0.1) is 0 Å². The summed E-state index contributed by atoms with van der Waals surface area (Å²) in [6.45, 7) is 4.35. The maximum atomic E-state index is 13.3. The van der Waals surface area contributed by atoms with Gasteiger partial charge in [-0.1, -0.05) is 6.92 Å². The van der Waals surface area contributed by atoms with Gasteiger partial charge < -0.3 is 4.90 Å². The van der Waals surface area contributed by atoms with Gasteiger partial charge in [-0.25, -0.2) is 8.78 Å². The number of hydrogen-bond donors (Lipinski definition) is 0. The number of hydrogen-bond acceptors (Lipinski definition) is 2. The Kier molecular flexibility index (Phi) is 3.70. The van der Waals surface area contributed by atoms with Crippen LogP contribution in [0.1, 0.15) is 38.2 Å². The van der Waals surface area contributed by atoms with Crippen molar-refractivity contribution in [3.05, 3.63) is 36.0 Å². The van der Waals surface area contributed by atoms with Crippen LogP contribution >= 0.6 is 0 Å². The van der Waals surface area contributed by atoms with Gasteiger partial charge in [-0.3, -0.25) is 4.98 Å². The number of alkyl halides is 2. The Morgan fingerprint density at radius 3 is 2.70 bits per heavy atom. The SMILES string of the molecule is CC1CC(C2CC2)CN(c2ccc(C(F)F)c3ncccc23)C1. The second kappa shape index (κ2) is 5.73. The van der Waals surface area contributed by atoms with E-state index in [0.717, 1.165) is 36.0 Å². The summed E-state index contributed by atoms with van der Waals surface area (Å²) in [5.74, 6) is 2.28. The molecular weight excluding hydrogens is 294 g/mol. The van der Waals surface area contributed by atoms with Gasteiger partial charge in [0.2, 0.25) is 0 Å². The molecule has 2 atom stereocenters. The number of pyridine rings is 1. The van der Waals surface area contributed by atoms with E-state index in [-0.39, 0.29) is 5.56 Å². The molecule has 0 bridgehead atoms. The molecular formula is C19H22F2N2. The molecule has 2 unspecified atom stereocenters. The van der Waals surface area contributed by atoms with Crippen molar-refractivity contribution in [3.8, 4) is 0 Å². The molecule has 122 valence electrons. The first-order chi connectivity index (χ1) is 11.1. The lowest BCUT2D eigenvalue weighted by Crippen LogP contribution is -2.40. The van der Waals surface area contributed by atoms with Gasteiger partial charge in [0.15, 0.2) is 0 Å². The van der Waals surface area contributed by atoms with Crippen LogP contribution in [0.15, 0.2) is 30.5 Å². The van der Waals surface area contributed by atoms with Crippen molar-refractivity contribution in [2.75, 3.05) is 18.0 Å². The molecule has 2 aromatic rings.